The minimum absolute atomic E-state index is 0.181. The Hall–Kier alpha value is -0.950. The fraction of sp³-hybridized carbons (Fsp3) is 0.824. The summed E-state index contributed by atoms with van der Waals surface area (Å²) >= 11 is 0. The molecule has 0 radical (unpaired) electrons. The van der Waals surface area contributed by atoms with Gasteiger partial charge in [-0.2, -0.15) is 0 Å². The van der Waals surface area contributed by atoms with Crippen molar-refractivity contribution in [3.05, 3.63) is 12.2 Å². The topological polar surface area (TPSA) is 63.2 Å². The summed E-state index contributed by atoms with van der Waals surface area (Å²) < 4.78 is 28.6. The molecule has 6 nitrogen and oxygen atoms in total. The van der Waals surface area contributed by atoms with E-state index in [-0.39, 0.29) is 24.4 Å². The van der Waals surface area contributed by atoms with Crippen LogP contribution in [0.1, 0.15) is 48.0 Å². The van der Waals surface area contributed by atoms with Crippen LogP contribution in [0.3, 0.4) is 0 Å². The Balaban J connectivity index is 2.03. The molecular formula is C17H28O6. The van der Waals surface area contributed by atoms with E-state index >= 15 is 0 Å². The molecule has 0 amide bonds. The third kappa shape index (κ3) is 4.76. The van der Waals surface area contributed by atoms with Crippen molar-refractivity contribution < 1.29 is 28.5 Å². The molecule has 0 N–H and O–H groups in total. The zero-order valence-corrected chi connectivity index (χ0v) is 14.9. The SMILES string of the molecule is C=C(C[C@H]1OC(C)(C)O[C@@H]1[C@H]1COC(C)(C)O1)C(=O)OC(C)C. The third-order valence-corrected chi connectivity index (χ3v) is 3.70. The number of ether oxygens (including phenoxy) is 5. The first kappa shape index (κ1) is 18.4. The second-order valence-electron chi connectivity index (χ2n) is 7.27. The van der Waals surface area contributed by atoms with E-state index in [0.29, 0.717) is 18.6 Å². The van der Waals surface area contributed by atoms with Crippen LogP contribution < -0.4 is 0 Å². The van der Waals surface area contributed by atoms with E-state index in [2.05, 4.69) is 6.58 Å². The fourth-order valence-electron chi connectivity index (χ4n) is 2.84. The molecule has 0 aliphatic carbocycles. The molecule has 0 aromatic rings. The molecule has 2 fully saturated rings. The van der Waals surface area contributed by atoms with E-state index in [1.165, 1.54) is 0 Å². The predicted molar refractivity (Wildman–Crippen MR) is 83.7 cm³/mol. The van der Waals surface area contributed by atoms with Gasteiger partial charge in [0.25, 0.3) is 0 Å². The van der Waals surface area contributed by atoms with Gasteiger partial charge >= 0.3 is 5.97 Å². The molecule has 0 aromatic heterocycles. The van der Waals surface area contributed by atoms with Gasteiger partial charge in [-0.15, -0.1) is 0 Å². The summed E-state index contributed by atoms with van der Waals surface area (Å²) in [5, 5.41) is 0. The molecule has 0 saturated carbocycles. The molecule has 0 bridgehead atoms. The zero-order chi connectivity index (χ0) is 17.4. The average Bonchev–Trinajstić information content (AvgIpc) is 2.88. The Bertz CT molecular complexity index is 468. The lowest BCUT2D eigenvalue weighted by Gasteiger charge is -2.24. The Morgan fingerprint density at radius 2 is 1.83 bits per heavy atom. The first-order chi connectivity index (χ1) is 10.5. The molecule has 0 spiro atoms. The highest BCUT2D eigenvalue weighted by molar-refractivity contribution is 5.87. The largest absolute Gasteiger partial charge is 0.460 e. The highest BCUT2D eigenvalue weighted by Gasteiger charge is 2.49. The Morgan fingerprint density at radius 3 is 2.35 bits per heavy atom. The van der Waals surface area contributed by atoms with Gasteiger partial charge in [-0.1, -0.05) is 6.58 Å². The van der Waals surface area contributed by atoms with Gasteiger partial charge < -0.3 is 23.7 Å². The monoisotopic (exact) mass is 328 g/mol. The summed E-state index contributed by atoms with van der Waals surface area (Å²) in [6.45, 7) is 15.3. The van der Waals surface area contributed by atoms with Crippen molar-refractivity contribution >= 4 is 5.97 Å². The normalized spacial score (nSPS) is 32.2. The molecule has 2 aliphatic rings. The lowest BCUT2D eigenvalue weighted by atomic mass is 10.0. The van der Waals surface area contributed by atoms with E-state index < -0.39 is 17.5 Å². The smallest absolute Gasteiger partial charge is 0.333 e. The van der Waals surface area contributed by atoms with Crippen molar-refractivity contribution in [2.45, 2.75) is 84.0 Å². The third-order valence-electron chi connectivity index (χ3n) is 3.70. The van der Waals surface area contributed by atoms with E-state index in [4.69, 9.17) is 23.7 Å². The molecule has 2 saturated heterocycles. The van der Waals surface area contributed by atoms with E-state index in [1.54, 1.807) is 13.8 Å². The van der Waals surface area contributed by atoms with Crippen LogP contribution in [0.15, 0.2) is 12.2 Å². The molecular weight excluding hydrogens is 300 g/mol. The van der Waals surface area contributed by atoms with Crippen LogP contribution in [-0.2, 0) is 28.5 Å². The maximum absolute atomic E-state index is 12.0. The zero-order valence-electron chi connectivity index (χ0n) is 14.9. The number of hydrogen-bond acceptors (Lipinski definition) is 6. The number of hydrogen-bond donors (Lipinski definition) is 0. The van der Waals surface area contributed by atoms with Crippen LogP contribution in [0, 0.1) is 0 Å². The second kappa shape index (κ2) is 6.51. The Morgan fingerprint density at radius 1 is 1.17 bits per heavy atom. The lowest BCUT2D eigenvalue weighted by Crippen LogP contribution is -2.38. The van der Waals surface area contributed by atoms with Crippen molar-refractivity contribution in [1.29, 1.82) is 0 Å². The summed E-state index contributed by atoms with van der Waals surface area (Å²) in [4.78, 5) is 12.0. The average molecular weight is 328 g/mol. The van der Waals surface area contributed by atoms with Crippen molar-refractivity contribution in [2.24, 2.45) is 0 Å². The van der Waals surface area contributed by atoms with Gasteiger partial charge in [-0.05, 0) is 41.5 Å². The second-order valence-corrected chi connectivity index (χ2v) is 7.27. The van der Waals surface area contributed by atoms with Gasteiger partial charge in [-0.25, -0.2) is 4.79 Å². The highest BCUT2D eigenvalue weighted by Crippen LogP contribution is 2.37. The first-order valence-electron chi connectivity index (χ1n) is 8.05. The molecule has 0 unspecified atom stereocenters. The molecule has 2 rings (SSSR count). The van der Waals surface area contributed by atoms with Crippen molar-refractivity contribution in [1.82, 2.24) is 0 Å². The van der Waals surface area contributed by atoms with Crippen molar-refractivity contribution in [2.75, 3.05) is 6.61 Å². The van der Waals surface area contributed by atoms with Gasteiger partial charge in [0.05, 0.1) is 18.8 Å². The summed E-state index contributed by atoms with van der Waals surface area (Å²) in [5.74, 6) is -1.79. The van der Waals surface area contributed by atoms with E-state index in [0.717, 1.165) is 0 Å². The molecule has 6 heteroatoms. The van der Waals surface area contributed by atoms with Gasteiger partial charge in [0.2, 0.25) is 0 Å². The number of carbonyl (C=O) groups excluding carboxylic acids is 1. The number of esters is 1. The summed E-state index contributed by atoms with van der Waals surface area (Å²) in [7, 11) is 0. The maximum atomic E-state index is 12.0. The standard InChI is InChI=1S/C17H28O6/c1-10(2)20-15(18)11(3)8-12-14(23-17(6,7)21-12)13-9-19-16(4,5)22-13/h10,12-14H,3,8-9H2,1-2,4-7H3/t12-,13-,14+/m1/s1. The maximum Gasteiger partial charge on any atom is 0.333 e. The van der Waals surface area contributed by atoms with Crippen molar-refractivity contribution in [3.63, 3.8) is 0 Å². The van der Waals surface area contributed by atoms with Gasteiger partial charge in [0, 0.05) is 12.0 Å². The van der Waals surface area contributed by atoms with Crippen LogP contribution >= 0.6 is 0 Å². The number of rotatable bonds is 5. The predicted octanol–water partition coefficient (Wildman–Crippen LogP) is 2.56. The van der Waals surface area contributed by atoms with Crippen molar-refractivity contribution in [3.8, 4) is 0 Å². The Kier molecular flexibility index (Phi) is 5.21. The lowest BCUT2D eigenvalue weighted by molar-refractivity contribution is -0.174. The van der Waals surface area contributed by atoms with Crippen LogP contribution in [0.5, 0.6) is 0 Å². The van der Waals surface area contributed by atoms with E-state index in [9.17, 15) is 4.79 Å². The fourth-order valence-corrected chi connectivity index (χ4v) is 2.84. The summed E-state index contributed by atoms with van der Waals surface area (Å²) in [6, 6.07) is 0. The summed E-state index contributed by atoms with van der Waals surface area (Å²) in [6.07, 6.45) is -0.750. The minimum atomic E-state index is -0.742. The van der Waals surface area contributed by atoms with Gasteiger partial charge in [-0.3, -0.25) is 0 Å². The van der Waals surface area contributed by atoms with Crippen LogP contribution in [0.25, 0.3) is 0 Å². The number of carbonyl (C=O) groups is 1. The van der Waals surface area contributed by atoms with E-state index in [1.807, 2.05) is 27.7 Å². The van der Waals surface area contributed by atoms with Gasteiger partial charge in [0.1, 0.15) is 12.2 Å². The minimum Gasteiger partial charge on any atom is -0.460 e. The van der Waals surface area contributed by atoms with Crippen LogP contribution in [0.4, 0.5) is 0 Å². The van der Waals surface area contributed by atoms with Crippen LogP contribution in [-0.4, -0.2) is 48.6 Å². The molecule has 0 aromatic carbocycles. The van der Waals surface area contributed by atoms with Crippen LogP contribution in [0.2, 0.25) is 0 Å². The molecule has 2 aliphatic heterocycles. The molecule has 23 heavy (non-hydrogen) atoms. The Labute approximate surface area is 138 Å². The van der Waals surface area contributed by atoms with Gasteiger partial charge in [0.15, 0.2) is 11.6 Å². The first-order valence-corrected chi connectivity index (χ1v) is 8.05. The summed E-state index contributed by atoms with van der Waals surface area (Å²) in [5.41, 5.74) is 0.369. The molecule has 2 heterocycles. The molecule has 3 atom stereocenters. The quantitative estimate of drug-likeness (QED) is 0.571. The highest BCUT2D eigenvalue weighted by atomic mass is 16.8. The molecule has 132 valence electrons.